The number of hydrogen-bond acceptors (Lipinski definition) is 2. The summed E-state index contributed by atoms with van der Waals surface area (Å²) < 4.78 is 26.8. The smallest absolute Gasteiger partial charge is 0.191 e. The molecule has 0 spiro atoms. The third-order valence-electron chi connectivity index (χ3n) is 4.00. The van der Waals surface area contributed by atoms with E-state index in [2.05, 4.69) is 15.6 Å². The van der Waals surface area contributed by atoms with Crippen LogP contribution in [0.2, 0.25) is 0 Å². The van der Waals surface area contributed by atoms with Crippen molar-refractivity contribution in [2.75, 3.05) is 13.6 Å². The first-order chi connectivity index (χ1) is 11.8. The summed E-state index contributed by atoms with van der Waals surface area (Å²) in [5, 5.41) is 15.5. The second-order valence-electron chi connectivity index (χ2n) is 6.46. The normalized spacial score (nSPS) is 11.7. The van der Waals surface area contributed by atoms with E-state index in [9.17, 15) is 13.9 Å². The van der Waals surface area contributed by atoms with Crippen LogP contribution in [0.4, 0.5) is 8.78 Å². The van der Waals surface area contributed by atoms with Gasteiger partial charge in [0.15, 0.2) is 17.5 Å². The number of aromatic hydroxyl groups is 1. The van der Waals surface area contributed by atoms with Gasteiger partial charge in [0.1, 0.15) is 5.82 Å². The minimum absolute atomic E-state index is 0. The lowest BCUT2D eigenvalue weighted by atomic mass is 9.84. The summed E-state index contributed by atoms with van der Waals surface area (Å²) >= 11 is 0. The summed E-state index contributed by atoms with van der Waals surface area (Å²) in [7, 11) is 1.64. The van der Waals surface area contributed by atoms with Crippen molar-refractivity contribution in [3.05, 3.63) is 65.2 Å². The number of nitrogens with zero attached hydrogens (tertiary/aromatic N) is 1. The molecule has 0 heterocycles. The van der Waals surface area contributed by atoms with Gasteiger partial charge in [0.05, 0.1) is 0 Å². The fourth-order valence-corrected chi connectivity index (χ4v) is 2.38. The van der Waals surface area contributed by atoms with Crippen LogP contribution in [0.1, 0.15) is 25.0 Å². The largest absolute Gasteiger partial charge is 0.505 e. The number of halogens is 3. The van der Waals surface area contributed by atoms with Gasteiger partial charge in [-0.3, -0.25) is 4.99 Å². The molecule has 0 amide bonds. The van der Waals surface area contributed by atoms with Gasteiger partial charge < -0.3 is 15.7 Å². The van der Waals surface area contributed by atoms with Crippen molar-refractivity contribution < 1.29 is 13.9 Å². The van der Waals surface area contributed by atoms with E-state index >= 15 is 0 Å². The molecule has 0 bridgehead atoms. The quantitative estimate of drug-likeness (QED) is 0.349. The van der Waals surface area contributed by atoms with Crippen molar-refractivity contribution in [2.45, 2.75) is 25.8 Å². The Labute approximate surface area is 169 Å². The van der Waals surface area contributed by atoms with E-state index in [0.717, 1.165) is 5.56 Å². The number of guanidine groups is 1. The van der Waals surface area contributed by atoms with E-state index in [-0.39, 0.29) is 41.0 Å². The molecule has 2 aromatic carbocycles. The summed E-state index contributed by atoms with van der Waals surface area (Å²) in [4.78, 5) is 4.13. The van der Waals surface area contributed by atoms with Gasteiger partial charge in [-0.1, -0.05) is 32.0 Å². The Bertz CT molecular complexity index is 766. The molecule has 0 aromatic heterocycles. The van der Waals surface area contributed by atoms with Crippen LogP contribution < -0.4 is 10.6 Å². The molecule has 4 nitrogen and oxygen atoms in total. The van der Waals surface area contributed by atoms with Crippen LogP contribution in [-0.2, 0) is 12.0 Å². The maximum Gasteiger partial charge on any atom is 0.191 e. The molecule has 7 heteroatoms. The number of hydrogen-bond donors (Lipinski definition) is 3. The lowest BCUT2D eigenvalue weighted by Crippen LogP contribution is -2.43. The average Bonchev–Trinajstić information content (AvgIpc) is 2.58. The minimum Gasteiger partial charge on any atom is -0.505 e. The predicted octanol–water partition coefficient (Wildman–Crippen LogP) is 3.93. The zero-order chi connectivity index (χ0) is 18.4. The first-order valence-electron chi connectivity index (χ1n) is 8.00. The molecule has 0 atom stereocenters. The summed E-state index contributed by atoms with van der Waals surface area (Å²) in [5.41, 5.74) is 1.27. The molecular formula is C19H24F2IN3O. The number of rotatable bonds is 5. The fraction of sp³-hybridized carbons (Fsp3) is 0.316. The third-order valence-corrected chi connectivity index (χ3v) is 4.00. The number of benzene rings is 2. The van der Waals surface area contributed by atoms with E-state index < -0.39 is 5.82 Å². The molecule has 0 aliphatic carbocycles. The monoisotopic (exact) mass is 475 g/mol. The molecule has 0 saturated heterocycles. The van der Waals surface area contributed by atoms with Crippen LogP contribution in [0.3, 0.4) is 0 Å². The zero-order valence-corrected chi connectivity index (χ0v) is 17.3. The van der Waals surface area contributed by atoms with Crippen molar-refractivity contribution in [3.8, 4) is 5.75 Å². The third kappa shape index (κ3) is 6.12. The van der Waals surface area contributed by atoms with E-state index in [1.54, 1.807) is 19.2 Å². The predicted molar refractivity (Wildman–Crippen MR) is 111 cm³/mol. The molecule has 0 unspecified atom stereocenters. The Balaban J connectivity index is 0.00000338. The van der Waals surface area contributed by atoms with Gasteiger partial charge in [0.25, 0.3) is 0 Å². The number of phenolic OH excluding ortho intramolecular Hbond substituents is 1. The van der Waals surface area contributed by atoms with Crippen LogP contribution >= 0.6 is 24.0 Å². The zero-order valence-electron chi connectivity index (χ0n) is 15.0. The highest BCUT2D eigenvalue weighted by Crippen LogP contribution is 2.22. The van der Waals surface area contributed by atoms with Crippen molar-refractivity contribution in [3.63, 3.8) is 0 Å². The van der Waals surface area contributed by atoms with E-state index in [1.807, 2.05) is 19.9 Å². The molecule has 26 heavy (non-hydrogen) atoms. The molecule has 0 fully saturated rings. The first-order valence-corrected chi connectivity index (χ1v) is 8.00. The van der Waals surface area contributed by atoms with Gasteiger partial charge in [-0.2, -0.15) is 0 Å². The molecule has 0 aliphatic rings. The molecule has 0 saturated carbocycles. The highest BCUT2D eigenvalue weighted by atomic mass is 127. The maximum absolute atomic E-state index is 13.4. The second kappa shape index (κ2) is 9.70. The van der Waals surface area contributed by atoms with Crippen molar-refractivity contribution >= 4 is 29.9 Å². The molecule has 2 rings (SSSR count). The molecular weight excluding hydrogens is 451 g/mol. The van der Waals surface area contributed by atoms with E-state index in [1.165, 1.54) is 24.3 Å². The Hall–Kier alpha value is -1.90. The lowest BCUT2D eigenvalue weighted by molar-refractivity contribution is 0.431. The topological polar surface area (TPSA) is 56.7 Å². The SMILES string of the molecule is CN=C(NCc1ccc(O)c(F)c1)NCC(C)(C)c1cccc(F)c1.I. The number of aliphatic imine (C=N–C) groups is 1. The van der Waals surface area contributed by atoms with E-state index in [4.69, 9.17) is 0 Å². The van der Waals surface area contributed by atoms with Crippen LogP contribution in [0.15, 0.2) is 47.5 Å². The standard InChI is InChI=1S/C19H23F2N3O.HI/c1-19(2,14-5-4-6-15(20)10-14)12-24-18(22-3)23-11-13-7-8-17(25)16(21)9-13;/h4-10,25H,11-12H2,1-3H3,(H2,22,23,24);1H. The molecule has 3 N–H and O–H groups in total. The molecule has 2 aromatic rings. The van der Waals surface area contributed by atoms with Gasteiger partial charge in [-0.25, -0.2) is 8.78 Å². The average molecular weight is 475 g/mol. The van der Waals surface area contributed by atoms with Gasteiger partial charge in [0, 0.05) is 25.6 Å². The summed E-state index contributed by atoms with van der Waals surface area (Å²) in [6.45, 7) is 4.92. The fourth-order valence-electron chi connectivity index (χ4n) is 2.38. The highest BCUT2D eigenvalue weighted by Gasteiger charge is 2.21. The minimum atomic E-state index is -0.658. The van der Waals surface area contributed by atoms with Crippen molar-refractivity contribution in [1.82, 2.24) is 10.6 Å². The van der Waals surface area contributed by atoms with Gasteiger partial charge >= 0.3 is 0 Å². The van der Waals surface area contributed by atoms with Crippen LogP contribution in [0.5, 0.6) is 5.75 Å². The molecule has 0 aliphatic heterocycles. The summed E-state index contributed by atoms with van der Waals surface area (Å²) in [6, 6.07) is 10.7. The maximum atomic E-state index is 13.4. The number of phenols is 1. The highest BCUT2D eigenvalue weighted by molar-refractivity contribution is 14.0. The van der Waals surface area contributed by atoms with Crippen LogP contribution in [0, 0.1) is 11.6 Å². The van der Waals surface area contributed by atoms with Crippen molar-refractivity contribution in [1.29, 1.82) is 0 Å². The first kappa shape index (κ1) is 22.1. The molecule has 0 radical (unpaired) electrons. The lowest BCUT2D eigenvalue weighted by Gasteiger charge is -2.27. The van der Waals surface area contributed by atoms with Gasteiger partial charge in [-0.15, -0.1) is 24.0 Å². The van der Waals surface area contributed by atoms with Gasteiger partial charge in [-0.05, 0) is 35.4 Å². The Kier molecular flexibility index (Phi) is 8.26. The second-order valence-corrected chi connectivity index (χ2v) is 6.46. The van der Waals surface area contributed by atoms with Crippen molar-refractivity contribution in [2.24, 2.45) is 4.99 Å². The van der Waals surface area contributed by atoms with Crippen LogP contribution in [-0.4, -0.2) is 24.7 Å². The summed E-state index contributed by atoms with van der Waals surface area (Å²) in [5.74, 6) is -0.738. The Morgan fingerprint density at radius 1 is 1.12 bits per heavy atom. The van der Waals surface area contributed by atoms with Gasteiger partial charge in [0.2, 0.25) is 0 Å². The van der Waals surface area contributed by atoms with Crippen LogP contribution in [0.25, 0.3) is 0 Å². The Morgan fingerprint density at radius 2 is 1.85 bits per heavy atom. The van der Waals surface area contributed by atoms with E-state index in [0.29, 0.717) is 24.6 Å². The summed E-state index contributed by atoms with van der Waals surface area (Å²) in [6.07, 6.45) is 0. The Morgan fingerprint density at radius 3 is 2.46 bits per heavy atom. The molecule has 142 valence electrons. The number of nitrogens with one attached hydrogen (secondary N) is 2.